The first-order valence-corrected chi connectivity index (χ1v) is 7.06. The van der Waals surface area contributed by atoms with Gasteiger partial charge in [0.2, 0.25) is 0 Å². The van der Waals surface area contributed by atoms with Gasteiger partial charge in [-0.2, -0.15) is 5.26 Å². The molecule has 0 atom stereocenters. The minimum absolute atomic E-state index is 0.526. The molecule has 3 rings (SSSR count). The maximum absolute atomic E-state index is 9.30. The Balaban J connectivity index is 1.94. The first-order valence-electron chi connectivity index (χ1n) is 6.26. The third-order valence-corrected chi connectivity index (χ3v) is 3.78. The highest BCUT2D eigenvalue weighted by Gasteiger charge is 2.31. The predicted octanol–water partition coefficient (Wildman–Crippen LogP) is 4.08. The first kappa shape index (κ1) is 12.3. The molecule has 19 heavy (non-hydrogen) atoms. The lowest BCUT2D eigenvalue weighted by molar-refractivity contribution is 0.501. The Morgan fingerprint density at radius 2 is 2.21 bits per heavy atom. The smallest absolute Gasteiger partial charge is 0.123 e. The summed E-state index contributed by atoms with van der Waals surface area (Å²) in [6, 6.07) is 12.5. The van der Waals surface area contributed by atoms with Gasteiger partial charge in [-0.15, -0.1) is 0 Å². The molecule has 0 bridgehead atoms. The molecular formula is C15H13BrN2O. The van der Waals surface area contributed by atoms with Crippen molar-refractivity contribution in [2.45, 2.75) is 25.4 Å². The maximum Gasteiger partial charge on any atom is 0.123 e. The van der Waals surface area contributed by atoms with E-state index in [4.69, 9.17) is 4.42 Å². The highest BCUT2D eigenvalue weighted by molar-refractivity contribution is 9.10. The molecular weight excluding hydrogens is 304 g/mol. The zero-order valence-electron chi connectivity index (χ0n) is 10.3. The number of rotatable bonds is 4. The van der Waals surface area contributed by atoms with Crippen LogP contribution in [0, 0.1) is 11.3 Å². The average Bonchev–Trinajstić information content (AvgIpc) is 3.13. The molecule has 0 spiro atoms. The van der Waals surface area contributed by atoms with E-state index >= 15 is 0 Å². The first-order chi connectivity index (χ1) is 9.28. The molecule has 3 nitrogen and oxygen atoms in total. The van der Waals surface area contributed by atoms with Crippen molar-refractivity contribution < 1.29 is 4.42 Å². The summed E-state index contributed by atoms with van der Waals surface area (Å²) in [5, 5.41) is 9.30. The average molecular weight is 317 g/mol. The van der Waals surface area contributed by atoms with E-state index in [0.29, 0.717) is 18.2 Å². The predicted molar refractivity (Wildman–Crippen MR) is 76.8 cm³/mol. The third-order valence-electron chi connectivity index (χ3n) is 3.28. The van der Waals surface area contributed by atoms with E-state index in [2.05, 4.69) is 26.9 Å². The van der Waals surface area contributed by atoms with Gasteiger partial charge in [0.05, 0.1) is 24.1 Å². The second-order valence-electron chi connectivity index (χ2n) is 4.71. The lowest BCUT2D eigenvalue weighted by Crippen LogP contribution is -2.25. The van der Waals surface area contributed by atoms with Gasteiger partial charge in [-0.1, -0.05) is 15.9 Å². The summed E-state index contributed by atoms with van der Waals surface area (Å²) in [7, 11) is 0. The molecule has 96 valence electrons. The molecule has 0 aliphatic heterocycles. The Kier molecular flexibility index (Phi) is 3.31. The van der Waals surface area contributed by atoms with Crippen LogP contribution in [0.25, 0.3) is 0 Å². The SMILES string of the molecule is N#Cc1cc(Br)ccc1N(Cc1ccco1)C1CC1. The number of benzene rings is 1. The Morgan fingerprint density at radius 3 is 2.84 bits per heavy atom. The summed E-state index contributed by atoms with van der Waals surface area (Å²) in [6.07, 6.45) is 4.05. The summed E-state index contributed by atoms with van der Waals surface area (Å²) >= 11 is 3.41. The number of nitriles is 1. The van der Waals surface area contributed by atoms with Crippen molar-refractivity contribution >= 4 is 21.6 Å². The van der Waals surface area contributed by atoms with Crippen LogP contribution in [0.1, 0.15) is 24.2 Å². The van der Waals surface area contributed by atoms with Crippen LogP contribution in [0.2, 0.25) is 0 Å². The van der Waals surface area contributed by atoms with Gasteiger partial charge in [-0.25, -0.2) is 0 Å². The summed E-state index contributed by atoms with van der Waals surface area (Å²) in [5.74, 6) is 0.929. The molecule has 0 N–H and O–H groups in total. The van der Waals surface area contributed by atoms with Crippen molar-refractivity contribution in [3.05, 3.63) is 52.4 Å². The minimum atomic E-state index is 0.526. The summed E-state index contributed by atoms with van der Waals surface area (Å²) < 4.78 is 6.36. The van der Waals surface area contributed by atoms with Crippen molar-refractivity contribution in [2.24, 2.45) is 0 Å². The van der Waals surface area contributed by atoms with E-state index in [0.717, 1.165) is 15.9 Å². The number of halogens is 1. The van der Waals surface area contributed by atoms with Crippen LogP contribution in [0.3, 0.4) is 0 Å². The molecule has 1 fully saturated rings. The van der Waals surface area contributed by atoms with Crippen LogP contribution in [0.15, 0.2) is 45.5 Å². The van der Waals surface area contributed by atoms with Crippen LogP contribution < -0.4 is 4.90 Å². The Hall–Kier alpha value is -1.73. The van der Waals surface area contributed by atoms with Gasteiger partial charge in [-0.05, 0) is 43.2 Å². The summed E-state index contributed by atoms with van der Waals surface area (Å²) in [5.41, 5.74) is 1.69. The van der Waals surface area contributed by atoms with Crippen molar-refractivity contribution in [2.75, 3.05) is 4.90 Å². The van der Waals surface area contributed by atoms with Crippen LogP contribution >= 0.6 is 15.9 Å². The number of hydrogen-bond acceptors (Lipinski definition) is 3. The summed E-state index contributed by atoms with van der Waals surface area (Å²) in [4.78, 5) is 2.27. The second kappa shape index (κ2) is 5.10. The largest absolute Gasteiger partial charge is 0.467 e. The topological polar surface area (TPSA) is 40.2 Å². The highest BCUT2D eigenvalue weighted by atomic mass is 79.9. The van der Waals surface area contributed by atoms with E-state index in [1.54, 1.807) is 6.26 Å². The molecule has 1 heterocycles. The van der Waals surface area contributed by atoms with Gasteiger partial charge in [0.25, 0.3) is 0 Å². The van der Waals surface area contributed by atoms with Gasteiger partial charge in [0, 0.05) is 10.5 Å². The van der Waals surface area contributed by atoms with Crippen LogP contribution in [-0.4, -0.2) is 6.04 Å². The van der Waals surface area contributed by atoms with Gasteiger partial charge >= 0.3 is 0 Å². The molecule has 0 unspecified atom stereocenters. The van der Waals surface area contributed by atoms with Crippen molar-refractivity contribution in [3.8, 4) is 6.07 Å². The van der Waals surface area contributed by atoms with Gasteiger partial charge in [0.15, 0.2) is 0 Å². The molecule has 0 amide bonds. The summed E-state index contributed by atoms with van der Waals surface area (Å²) in [6.45, 7) is 0.716. The van der Waals surface area contributed by atoms with Gasteiger partial charge in [0.1, 0.15) is 11.8 Å². The van der Waals surface area contributed by atoms with Crippen molar-refractivity contribution in [3.63, 3.8) is 0 Å². The van der Waals surface area contributed by atoms with E-state index in [1.165, 1.54) is 12.8 Å². The zero-order valence-corrected chi connectivity index (χ0v) is 11.9. The molecule has 1 aromatic carbocycles. The monoisotopic (exact) mass is 316 g/mol. The molecule has 1 aliphatic carbocycles. The quantitative estimate of drug-likeness (QED) is 0.853. The second-order valence-corrected chi connectivity index (χ2v) is 5.63. The van der Waals surface area contributed by atoms with Gasteiger partial charge < -0.3 is 9.32 Å². The van der Waals surface area contributed by atoms with Crippen molar-refractivity contribution in [1.82, 2.24) is 0 Å². The number of hydrogen-bond donors (Lipinski definition) is 0. The fraction of sp³-hybridized carbons (Fsp3) is 0.267. The molecule has 0 saturated heterocycles. The van der Waals surface area contributed by atoms with E-state index < -0.39 is 0 Å². The standard InChI is InChI=1S/C15H13BrN2O/c16-12-3-6-15(11(8-12)9-17)18(13-4-5-13)10-14-2-1-7-19-14/h1-3,6-8,13H,4-5,10H2. The number of furan rings is 1. The normalized spacial score (nSPS) is 14.1. The Labute approximate surface area is 120 Å². The van der Waals surface area contributed by atoms with Crippen molar-refractivity contribution in [1.29, 1.82) is 5.26 Å². The lowest BCUT2D eigenvalue weighted by Gasteiger charge is -2.24. The van der Waals surface area contributed by atoms with E-state index in [1.807, 2.05) is 30.3 Å². The Bertz CT molecular complexity index is 612. The van der Waals surface area contributed by atoms with Crippen LogP contribution in [0.5, 0.6) is 0 Å². The Morgan fingerprint density at radius 1 is 1.37 bits per heavy atom. The molecule has 2 aromatic rings. The third kappa shape index (κ3) is 2.66. The molecule has 1 saturated carbocycles. The van der Waals surface area contributed by atoms with E-state index in [9.17, 15) is 5.26 Å². The fourth-order valence-electron chi connectivity index (χ4n) is 2.22. The molecule has 1 aromatic heterocycles. The minimum Gasteiger partial charge on any atom is -0.467 e. The van der Waals surface area contributed by atoms with Crippen LogP contribution in [-0.2, 0) is 6.54 Å². The molecule has 0 radical (unpaired) electrons. The fourth-order valence-corrected chi connectivity index (χ4v) is 2.58. The maximum atomic E-state index is 9.30. The highest BCUT2D eigenvalue weighted by Crippen LogP contribution is 2.35. The molecule has 4 heteroatoms. The van der Waals surface area contributed by atoms with Gasteiger partial charge in [-0.3, -0.25) is 0 Å². The zero-order chi connectivity index (χ0) is 13.2. The number of nitrogens with zero attached hydrogens (tertiary/aromatic N) is 2. The lowest BCUT2D eigenvalue weighted by atomic mass is 10.1. The van der Waals surface area contributed by atoms with E-state index in [-0.39, 0.29) is 0 Å². The molecule has 1 aliphatic rings. The van der Waals surface area contributed by atoms with Crippen LogP contribution in [0.4, 0.5) is 5.69 Å². The number of anilines is 1.